The number of pyridine rings is 1. The Labute approximate surface area is 163 Å². The topological polar surface area (TPSA) is 61.3 Å². The largest absolute Gasteiger partial charge is 0.330 e. The Kier molecular flexibility index (Phi) is 4.11. The van der Waals surface area contributed by atoms with Crippen molar-refractivity contribution in [1.82, 2.24) is 18.5 Å². The first-order chi connectivity index (χ1) is 12.9. The fourth-order valence-electron chi connectivity index (χ4n) is 3.29. The molecule has 0 fully saturated rings. The summed E-state index contributed by atoms with van der Waals surface area (Å²) in [5.74, 6) is 0. The second kappa shape index (κ2) is 6.35. The Morgan fingerprint density at radius 1 is 0.963 bits per heavy atom. The van der Waals surface area contributed by atoms with Crippen molar-refractivity contribution in [3.63, 3.8) is 0 Å². The van der Waals surface area contributed by atoms with Crippen molar-refractivity contribution in [2.75, 3.05) is 0 Å². The fourth-order valence-corrected chi connectivity index (χ4v) is 3.55. The monoisotopic (exact) mass is 424 g/mol. The van der Waals surface area contributed by atoms with E-state index in [1.54, 1.807) is 7.05 Å². The van der Waals surface area contributed by atoms with Crippen molar-refractivity contribution in [3.8, 4) is 22.5 Å². The van der Waals surface area contributed by atoms with Gasteiger partial charge in [-0.1, -0.05) is 34.1 Å². The molecule has 136 valence electrons. The summed E-state index contributed by atoms with van der Waals surface area (Å²) in [5, 5.41) is 0. The third-order valence-electron chi connectivity index (χ3n) is 4.73. The van der Waals surface area contributed by atoms with E-state index in [1.165, 1.54) is 11.6 Å². The molecule has 0 radical (unpaired) electrons. The highest BCUT2D eigenvalue weighted by atomic mass is 79.9. The molecule has 4 rings (SSSR count). The van der Waals surface area contributed by atoms with E-state index in [4.69, 9.17) is 0 Å². The van der Waals surface area contributed by atoms with E-state index in [1.807, 2.05) is 60.0 Å². The van der Waals surface area contributed by atoms with Crippen LogP contribution in [0.2, 0.25) is 0 Å². The standard InChI is InChI=1S/C20H17BrN4O2/c1-12-5-4-6-16-22-15(11-25(12)16)17-18(13-7-9-14(21)10-8-13)23(2)20(27)24(3)19(17)26/h4-11H,1-3H3. The Morgan fingerprint density at radius 2 is 1.67 bits per heavy atom. The highest BCUT2D eigenvalue weighted by molar-refractivity contribution is 9.10. The van der Waals surface area contributed by atoms with Crippen LogP contribution in [0.3, 0.4) is 0 Å². The lowest BCUT2D eigenvalue weighted by molar-refractivity contribution is 0.694. The summed E-state index contributed by atoms with van der Waals surface area (Å²) in [4.78, 5) is 30.3. The van der Waals surface area contributed by atoms with Crippen LogP contribution in [0.4, 0.5) is 0 Å². The minimum atomic E-state index is -0.374. The highest BCUT2D eigenvalue weighted by Gasteiger charge is 2.21. The van der Waals surface area contributed by atoms with Gasteiger partial charge in [0.05, 0.1) is 17.0 Å². The maximum atomic E-state index is 13.1. The van der Waals surface area contributed by atoms with Crippen LogP contribution in [0.15, 0.2) is 62.7 Å². The van der Waals surface area contributed by atoms with E-state index in [2.05, 4.69) is 20.9 Å². The van der Waals surface area contributed by atoms with Crippen LogP contribution in [0.25, 0.3) is 28.2 Å². The Hall–Kier alpha value is -2.93. The lowest BCUT2D eigenvalue weighted by atomic mass is 10.0. The number of aryl methyl sites for hydroxylation is 1. The van der Waals surface area contributed by atoms with Gasteiger partial charge >= 0.3 is 5.69 Å². The van der Waals surface area contributed by atoms with Gasteiger partial charge in [-0.15, -0.1) is 0 Å². The second-order valence-corrected chi connectivity index (χ2v) is 7.37. The van der Waals surface area contributed by atoms with E-state index in [0.717, 1.165) is 25.9 Å². The molecule has 0 saturated carbocycles. The van der Waals surface area contributed by atoms with Crippen LogP contribution >= 0.6 is 15.9 Å². The molecule has 0 aliphatic rings. The van der Waals surface area contributed by atoms with Crippen molar-refractivity contribution in [2.24, 2.45) is 14.1 Å². The predicted molar refractivity (Wildman–Crippen MR) is 109 cm³/mol. The number of hydrogen-bond donors (Lipinski definition) is 0. The Balaban J connectivity index is 2.12. The number of benzene rings is 1. The first-order valence-electron chi connectivity index (χ1n) is 8.39. The van der Waals surface area contributed by atoms with E-state index in [9.17, 15) is 9.59 Å². The normalized spacial score (nSPS) is 11.3. The van der Waals surface area contributed by atoms with E-state index >= 15 is 0 Å². The average Bonchev–Trinajstić information content (AvgIpc) is 3.09. The molecule has 1 aromatic carbocycles. The molecule has 4 aromatic rings. The number of halogens is 1. The maximum Gasteiger partial charge on any atom is 0.330 e. The summed E-state index contributed by atoms with van der Waals surface area (Å²) in [5.41, 5.74) is 3.30. The number of hydrogen-bond acceptors (Lipinski definition) is 3. The molecule has 0 atom stereocenters. The molecule has 0 aliphatic heterocycles. The quantitative estimate of drug-likeness (QED) is 0.496. The molecule has 27 heavy (non-hydrogen) atoms. The number of rotatable bonds is 2. The zero-order valence-corrected chi connectivity index (χ0v) is 16.7. The number of fused-ring (bicyclic) bond motifs is 1. The Bertz CT molecular complexity index is 1300. The zero-order valence-electron chi connectivity index (χ0n) is 15.1. The second-order valence-electron chi connectivity index (χ2n) is 6.46. The van der Waals surface area contributed by atoms with Gasteiger partial charge in [-0.25, -0.2) is 9.78 Å². The molecule has 7 heteroatoms. The molecule has 3 heterocycles. The van der Waals surface area contributed by atoms with Crippen LogP contribution in [0.5, 0.6) is 0 Å². The van der Waals surface area contributed by atoms with Crippen molar-refractivity contribution >= 4 is 21.6 Å². The van der Waals surface area contributed by atoms with Crippen molar-refractivity contribution in [1.29, 1.82) is 0 Å². The van der Waals surface area contributed by atoms with Crippen LogP contribution < -0.4 is 11.2 Å². The minimum Gasteiger partial charge on any atom is -0.304 e. The predicted octanol–water partition coefficient (Wildman–Crippen LogP) is 3.14. The summed E-state index contributed by atoms with van der Waals surface area (Å²) in [7, 11) is 3.16. The molecular weight excluding hydrogens is 408 g/mol. The van der Waals surface area contributed by atoms with Crippen LogP contribution in [-0.4, -0.2) is 18.5 Å². The van der Waals surface area contributed by atoms with Gasteiger partial charge in [0.15, 0.2) is 0 Å². The first kappa shape index (κ1) is 17.5. The van der Waals surface area contributed by atoms with Crippen molar-refractivity contribution in [3.05, 3.63) is 79.7 Å². The summed E-state index contributed by atoms with van der Waals surface area (Å²) in [6.45, 7) is 1.98. The van der Waals surface area contributed by atoms with Gasteiger partial charge < -0.3 is 4.40 Å². The van der Waals surface area contributed by atoms with Crippen LogP contribution in [0.1, 0.15) is 5.69 Å². The summed E-state index contributed by atoms with van der Waals surface area (Å²) >= 11 is 3.42. The molecule has 6 nitrogen and oxygen atoms in total. The van der Waals surface area contributed by atoms with Crippen LogP contribution in [0, 0.1) is 6.92 Å². The van der Waals surface area contributed by atoms with Gasteiger partial charge in [0.2, 0.25) is 0 Å². The zero-order chi connectivity index (χ0) is 19.3. The molecule has 0 spiro atoms. The van der Waals surface area contributed by atoms with Gasteiger partial charge in [0.1, 0.15) is 5.65 Å². The van der Waals surface area contributed by atoms with Crippen LogP contribution in [-0.2, 0) is 14.1 Å². The molecule has 0 unspecified atom stereocenters. The molecule has 3 aromatic heterocycles. The van der Waals surface area contributed by atoms with Gasteiger partial charge in [0.25, 0.3) is 5.56 Å². The molecule has 0 N–H and O–H groups in total. The molecule has 0 aliphatic carbocycles. The molecule has 0 saturated heterocycles. The number of nitrogens with zero attached hydrogens (tertiary/aromatic N) is 4. The molecule has 0 amide bonds. The maximum absolute atomic E-state index is 13.1. The van der Waals surface area contributed by atoms with Gasteiger partial charge in [0, 0.05) is 30.5 Å². The van der Waals surface area contributed by atoms with Gasteiger partial charge in [-0.2, -0.15) is 0 Å². The molecule has 0 bridgehead atoms. The lowest BCUT2D eigenvalue weighted by Crippen LogP contribution is -2.38. The third-order valence-corrected chi connectivity index (χ3v) is 5.26. The number of aromatic nitrogens is 4. The minimum absolute atomic E-state index is 0.364. The smallest absolute Gasteiger partial charge is 0.304 e. The Morgan fingerprint density at radius 3 is 2.33 bits per heavy atom. The van der Waals surface area contributed by atoms with Gasteiger partial charge in [-0.05, 0) is 36.8 Å². The third kappa shape index (κ3) is 2.75. The average molecular weight is 425 g/mol. The van der Waals surface area contributed by atoms with Gasteiger partial charge in [-0.3, -0.25) is 13.9 Å². The van der Waals surface area contributed by atoms with Crippen molar-refractivity contribution < 1.29 is 0 Å². The number of imidazole rings is 1. The molecular formula is C20H17BrN4O2. The fraction of sp³-hybridized carbons (Fsp3) is 0.150. The lowest BCUT2D eigenvalue weighted by Gasteiger charge is -2.14. The summed E-state index contributed by atoms with van der Waals surface area (Å²) in [6, 6.07) is 13.3. The van der Waals surface area contributed by atoms with Crippen molar-refractivity contribution in [2.45, 2.75) is 6.92 Å². The van der Waals surface area contributed by atoms with E-state index < -0.39 is 0 Å². The highest BCUT2D eigenvalue weighted by Crippen LogP contribution is 2.29. The van der Waals surface area contributed by atoms with E-state index in [0.29, 0.717) is 17.0 Å². The SMILES string of the molecule is Cc1cccc2nc(-c3c(-c4ccc(Br)cc4)n(C)c(=O)n(C)c3=O)cn12. The van der Waals surface area contributed by atoms with E-state index in [-0.39, 0.29) is 11.2 Å². The first-order valence-corrected chi connectivity index (χ1v) is 9.19. The summed E-state index contributed by atoms with van der Waals surface area (Å²) < 4.78 is 5.47. The summed E-state index contributed by atoms with van der Waals surface area (Å²) in [6.07, 6.45) is 1.84.